The summed E-state index contributed by atoms with van der Waals surface area (Å²) in [6.45, 7) is 0. The van der Waals surface area contributed by atoms with E-state index in [2.05, 4.69) is 19.6 Å². The number of para-hydroxylation sites is 1. The Morgan fingerprint density at radius 3 is 2.75 bits per heavy atom. The number of aromatic hydroxyl groups is 1. The lowest BCUT2D eigenvalue weighted by Crippen LogP contribution is -1.95. The van der Waals surface area contributed by atoms with Gasteiger partial charge < -0.3 is 5.11 Å². The SMILES string of the molecule is O=c1[nH]c(-c2ccc(-c3ccc4cccc(O)c4n3)c(F)c2)no1. The van der Waals surface area contributed by atoms with Crippen LogP contribution in [0.3, 0.4) is 0 Å². The molecule has 0 atom stereocenters. The van der Waals surface area contributed by atoms with Crippen LogP contribution in [0.4, 0.5) is 4.39 Å². The smallest absolute Gasteiger partial charge is 0.439 e. The Labute approximate surface area is 134 Å². The van der Waals surface area contributed by atoms with Crippen LogP contribution in [0.25, 0.3) is 33.5 Å². The Balaban J connectivity index is 1.82. The van der Waals surface area contributed by atoms with Gasteiger partial charge in [0.25, 0.3) is 0 Å². The fraction of sp³-hybridized carbons (Fsp3) is 0. The lowest BCUT2D eigenvalue weighted by molar-refractivity contribution is 0.388. The lowest BCUT2D eigenvalue weighted by Gasteiger charge is -2.06. The number of benzene rings is 2. The summed E-state index contributed by atoms with van der Waals surface area (Å²) in [5, 5.41) is 14.2. The maximum Gasteiger partial charge on any atom is 0.439 e. The van der Waals surface area contributed by atoms with Crippen molar-refractivity contribution in [1.82, 2.24) is 15.1 Å². The van der Waals surface area contributed by atoms with Crippen molar-refractivity contribution in [3.63, 3.8) is 0 Å². The summed E-state index contributed by atoms with van der Waals surface area (Å²) in [4.78, 5) is 17.7. The van der Waals surface area contributed by atoms with Crippen LogP contribution >= 0.6 is 0 Å². The summed E-state index contributed by atoms with van der Waals surface area (Å²) in [6, 6.07) is 12.9. The molecule has 0 aliphatic carbocycles. The van der Waals surface area contributed by atoms with Crippen LogP contribution in [0.1, 0.15) is 0 Å². The number of H-pyrrole nitrogens is 1. The normalized spacial score (nSPS) is 11.0. The summed E-state index contributed by atoms with van der Waals surface area (Å²) in [5.41, 5.74) is 1.45. The predicted octanol–water partition coefficient (Wildman–Crippen LogP) is 3.09. The third-order valence-corrected chi connectivity index (χ3v) is 3.66. The molecule has 7 heteroatoms. The van der Waals surface area contributed by atoms with Crippen LogP contribution in [0.5, 0.6) is 5.75 Å². The Morgan fingerprint density at radius 2 is 2.00 bits per heavy atom. The summed E-state index contributed by atoms with van der Waals surface area (Å²) in [7, 11) is 0. The van der Waals surface area contributed by atoms with Gasteiger partial charge >= 0.3 is 5.76 Å². The molecule has 6 nitrogen and oxygen atoms in total. The number of pyridine rings is 1. The molecule has 0 radical (unpaired) electrons. The topological polar surface area (TPSA) is 92.0 Å². The second kappa shape index (κ2) is 5.31. The van der Waals surface area contributed by atoms with Crippen LogP contribution in [-0.4, -0.2) is 20.2 Å². The molecule has 2 heterocycles. The zero-order chi connectivity index (χ0) is 16.7. The quantitative estimate of drug-likeness (QED) is 0.591. The molecule has 4 aromatic rings. The molecule has 2 aromatic heterocycles. The van der Waals surface area contributed by atoms with Crippen molar-refractivity contribution in [3.05, 3.63) is 64.9 Å². The first-order chi connectivity index (χ1) is 11.6. The van der Waals surface area contributed by atoms with Gasteiger partial charge in [-0.3, -0.25) is 9.51 Å². The van der Waals surface area contributed by atoms with E-state index in [0.717, 1.165) is 5.39 Å². The Kier molecular flexibility index (Phi) is 3.13. The third-order valence-electron chi connectivity index (χ3n) is 3.66. The average molecular weight is 323 g/mol. The molecule has 2 aromatic carbocycles. The zero-order valence-electron chi connectivity index (χ0n) is 12.2. The van der Waals surface area contributed by atoms with E-state index in [1.165, 1.54) is 18.2 Å². The predicted molar refractivity (Wildman–Crippen MR) is 84.9 cm³/mol. The van der Waals surface area contributed by atoms with E-state index in [0.29, 0.717) is 16.8 Å². The highest BCUT2D eigenvalue weighted by molar-refractivity contribution is 5.86. The van der Waals surface area contributed by atoms with Gasteiger partial charge in [0.15, 0.2) is 5.82 Å². The number of nitrogens with one attached hydrogen (secondary N) is 1. The van der Waals surface area contributed by atoms with E-state index in [-0.39, 0.29) is 17.1 Å². The van der Waals surface area contributed by atoms with Crippen molar-refractivity contribution >= 4 is 10.9 Å². The van der Waals surface area contributed by atoms with Gasteiger partial charge in [0, 0.05) is 16.5 Å². The Bertz CT molecular complexity index is 1120. The molecule has 24 heavy (non-hydrogen) atoms. The van der Waals surface area contributed by atoms with Crippen LogP contribution in [0.15, 0.2) is 57.8 Å². The number of aromatic nitrogens is 3. The average Bonchev–Trinajstić information content (AvgIpc) is 3.01. The molecule has 0 fully saturated rings. The molecule has 118 valence electrons. The van der Waals surface area contributed by atoms with Crippen LogP contribution in [0.2, 0.25) is 0 Å². The second-order valence-corrected chi connectivity index (χ2v) is 5.18. The molecular weight excluding hydrogens is 313 g/mol. The number of aromatic amines is 1. The molecule has 0 aliphatic heterocycles. The molecule has 0 unspecified atom stereocenters. The number of hydrogen-bond donors (Lipinski definition) is 2. The number of nitrogens with zero attached hydrogens (tertiary/aromatic N) is 2. The highest BCUT2D eigenvalue weighted by atomic mass is 19.1. The zero-order valence-corrected chi connectivity index (χ0v) is 12.2. The fourth-order valence-corrected chi connectivity index (χ4v) is 2.51. The number of fused-ring (bicyclic) bond motifs is 1. The number of phenolic OH excluding ortho intramolecular Hbond substituents is 1. The van der Waals surface area contributed by atoms with Crippen LogP contribution in [0, 0.1) is 5.82 Å². The maximum atomic E-state index is 14.5. The molecule has 0 spiro atoms. The molecule has 0 bridgehead atoms. The minimum Gasteiger partial charge on any atom is -0.506 e. The molecule has 2 N–H and O–H groups in total. The van der Waals surface area contributed by atoms with Gasteiger partial charge in [0.1, 0.15) is 17.1 Å². The van der Waals surface area contributed by atoms with E-state index >= 15 is 0 Å². The van der Waals surface area contributed by atoms with Gasteiger partial charge in [0.05, 0.1) is 5.69 Å². The molecule has 0 saturated carbocycles. The number of hydrogen-bond acceptors (Lipinski definition) is 5. The first-order valence-corrected chi connectivity index (χ1v) is 7.07. The van der Waals surface area contributed by atoms with Gasteiger partial charge in [-0.2, -0.15) is 0 Å². The molecule has 4 rings (SSSR count). The Hall–Kier alpha value is -3.48. The summed E-state index contributed by atoms with van der Waals surface area (Å²) < 4.78 is 18.9. The molecule has 0 aliphatic rings. The largest absolute Gasteiger partial charge is 0.506 e. The summed E-state index contributed by atoms with van der Waals surface area (Å²) in [5.74, 6) is -1.05. The molecule has 0 saturated heterocycles. The van der Waals surface area contributed by atoms with Crippen molar-refractivity contribution in [2.75, 3.05) is 0 Å². The summed E-state index contributed by atoms with van der Waals surface area (Å²) in [6.07, 6.45) is 0. The summed E-state index contributed by atoms with van der Waals surface area (Å²) >= 11 is 0. The van der Waals surface area contributed by atoms with Gasteiger partial charge in [-0.25, -0.2) is 14.2 Å². The highest BCUT2D eigenvalue weighted by Gasteiger charge is 2.12. The molecular formula is C17H10FN3O3. The van der Waals surface area contributed by atoms with Crippen molar-refractivity contribution in [1.29, 1.82) is 0 Å². The van der Waals surface area contributed by atoms with Crippen LogP contribution < -0.4 is 5.76 Å². The monoisotopic (exact) mass is 323 g/mol. The van der Waals surface area contributed by atoms with Gasteiger partial charge in [-0.05, 0) is 24.3 Å². The van der Waals surface area contributed by atoms with E-state index in [1.54, 1.807) is 24.3 Å². The van der Waals surface area contributed by atoms with E-state index in [4.69, 9.17) is 0 Å². The number of phenols is 1. The third kappa shape index (κ3) is 2.32. The minimum absolute atomic E-state index is 0.0338. The van der Waals surface area contributed by atoms with Crippen molar-refractivity contribution < 1.29 is 14.0 Å². The van der Waals surface area contributed by atoms with E-state index < -0.39 is 11.6 Å². The second-order valence-electron chi connectivity index (χ2n) is 5.18. The van der Waals surface area contributed by atoms with Crippen LogP contribution in [-0.2, 0) is 0 Å². The maximum absolute atomic E-state index is 14.5. The van der Waals surface area contributed by atoms with Gasteiger partial charge in [-0.1, -0.05) is 29.4 Å². The minimum atomic E-state index is -0.707. The van der Waals surface area contributed by atoms with E-state index in [1.807, 2.05) is 6.07 Å². The highest BCUT2D eigenvalue weighted by Crippen LogP contribution is 2.29. The fourth-order valence-electron chi connectivity index (χ4n) is 2.51. The lowest BCUT2D eigenvalue weighted by atomic mass is 10.1. The first kappa shape index (κ1) is 14.1. The van der Waals surface area contributed by atoms with Crippen molar-refractivity contribution in [2.24, 2.45) is 0 Å². The number of halogens is 1. The van der Waals surface area contributed by atoms with E-state index in [9.17, 15) is 14.3 Å². The van der Waals surface area contributed by atoms with Gasteiger partial charge in [0.2, 0.25) is 0 Å². The Morgan fingerprint density at radius 1 is 1.12 bits per heavy atom. The molecule has 0 amide bonds. The van der Waals surface area contributed by atoms with Crippen molar-refractivity contribution in [2.45, 2.75) is 0 Å². The first-order valence-electron chi connectivity index (χ1n) is 7.07. The standard InChI is InChI=1S/C17H10FN3O3/c18-12-8-10(16-20-17(23)24-21-16)4-6-11(12)13-7-5-9-2-1-3-14(22)15(9)19-13/h1-8,22H,(H,20,21,23). The number of rotatable bonds is 2. The van der Waals surface area contributed by atoms with Gasteiger partial charge in [-0.15, -0.1) is 0 Å². The van der Waals surface area contributed by atoms with Crippen molar-refractivity contribution in [3.8, 4) is 28.4 Å².